The molecule has 96 valence electrons. The van der Waals surface area contributed by atoms with Crippen molar-refractivity contribution < 1.29 is 8.85 Å². The van der Waals surface area contributed by atoms with E-state index in [-0.39, 0.29) is 0 Å². The highest BCUT2D eigenvalue weighted by atomic mass is 28.4. The molecule has 0 amide bonds. The summed E-state index contributed by atoms with van der Waals surface area (Å²) in [6.07, 6.45) is 6.26. The predicted molar refractivity (Wildman–Crippen MR) is 72.7 cm³/mol. The molecule has 0 aliphatic rings. The van der Waals surface area contributed by atoms with E-state index in [1.54, 1.807) is 0 Å². The Morgan fingerprint density at radius 2 is 1.88 bits per heavy atom. The van der Waals surface area contributed by atoms with Crippen LogP contribution in [0.3, 0.4) is 0 Å². The molecule has 0 spiro atoms. The van der Waals surface area contributed by atoms with Gasteiger partial charge < -0.3 is 8.85 Å². The Labute approximate surface area is 102 Å². The van der Waals surface area contributed by atoms with Crippen molar-refractivity contribution in [2.24, 2.45) is 0 Å². The number of unbranched alkanes of at least 4 members (excludes halogenated alkanes) is 1. The fourth-order valence-corrected chi connectivity index (χ4v) is 3.53. The molecule has 2 nitrogen and oxygen atoms in total. The Kier molecular flexibility index (Phi) is 8.90. The molecular weight excluding hydrogens is 216 g/mol. The molecule has 0 aromatic rings. The number of hydrogen-bond donors (Lipinski definition) is 0. The third kappa shape index (κ3) is 6.46. The van der Waals surface area contributed by atoms with E-state index in [0.717, 1.165) is 12.8 Å². The average Bonchev–Trinajstić information content (AvgIpc) is 2.26. The zero-order chi connectivity index (χ0) is 12.4. The molecule has 16 heavy (non-hydrogen) atoms. The summed E-state index contributed by atoms with van der Waals surface area (Å²) >= 11 is 0. The molecule has 0 aromatic carbocycles. The standard InChI is InChI=1S/C13H28O2Si/c1-6-10-12-13(11-7-2)15-16(5,9-4)14-8-3/h9,13H,4,6-8,10-12H2,1-3,5H3. The van der Waals surface area contributed by atoms with E-state index in [1.807, 2.05) is 12.6 Å². The van der Waals surface area contributed by atoms with E-state index < -0.39 is 8.56 Å². The topological polar surface area (TPSA) is 18.5 Å². The molecule has 0 heterocycles. The summed E-state index contributed by atoms with van der Waals surface area (Å²) in [5.41, 5.74) is 1.89. The van der Waals surface area contributed by atoms with Crippen molar-refractivity contribution in [3.05, 3.63) is 12.3 Å². The van der Waals surface area contributed by atoms with Crippen LogP contribution in [-0.4, -0.2) is 21.3 Å². The molecule has 0 fully saturated rings. The van der Waals surface area contributed by atoms with E-state index in [0.29, 0.717) is 12.7 Å². The minimum absolute atomic E-state index is 0.353. The van der Waals surface area contributed by atoms with Crippen molar-refractivity contribution >= 4 is 8.56 Å². The molecule has 0 bridgehead atoms. The summed E-state index contributed by atoms with van der Waals surface area (Å²) < 4.78 is 11.9. The minimum atomic E-state index is -2.11. The Bertz CT molecular complexity index is 185. The van der Waals surface area contributed by atoms with Crippen LogP contribution in [0, 0.1) is 0 Å². The molecule has 0 N–H and O–H groups in total. The molecule has 0 saturated carbocycles. The second-order valence-corrected chi connectivity index (χ2v) is 7.29. The molecule has 0 aliphatic carbocycles. The van der Waals surface area contributed by atoms with E-state index in [2.05, 4.69) is 27.0 Å². The van der Waals surface area contributed by atoms with Gasteiger partial charge >= 0.3 is 8.56 Å². The number of hydrogen-bond acceptors (Lipinski definition) is 2. The van der Waals surface area contributed by atoms with Gasteiger partial charge in [0.05, 0.1) is 0 Å². The van der Waals surface area contributed by atoms with Crippen LogP contribution < -0.4 is 0 Å². The monoisotopic (exact) mass is 244 g/mol. The Morgan fingerprint density at radius 3 is 2.31 bits per heavy atom. The van der Waals surface area contributed by atoms with Crippen molar-refractivity contribution in [1.29, 1.82) is 0 Å². The summed E-state index contributed by atoms with van der Waals surface area (Å²) in [7, 11) is -2.11. The lowest BCUT2D eigenvalue weighted by molar-refractivity contribution is 0.113. The van der Waals surface area contributed by atoms with Crippen molar-refractivity contribution in [3.63, 3.8) is 0 Å². The third-order valence-corrected chi connectivity index (χ3v) is 5.10. The summed E-state index contributed by atoms with van der Waals surface area (Å²) in [4.78, 5) is 0. The summed E-state index contributed by atoms with van der Waals surface area (Å²) in [6, 6.07) is 0. The van der Waals surface area contributed by atoms with Gasteiger partial charge in [-0.1, -0.05) is 33.1 Å². The van der Waals surface area contributed by atoms with Crippen molar-refractivity contribution in [2.45, 2.75) is 65.5 Å². The Morgan fingerprint density at radius 1 is 1.19 bits per heavy atom. The maximum Gasteiger partial charge on any atom is 0.361 e. The second-order valence-electron chi connectivity index (χ2n) is 4.32. The van der Waals surface area contributed by atoms with Crippen molar-refractivity contribution in [3.8, 4) is 0 Å². The van der Waals surface area contributed by atoms with Crippen molar-refractivity contribution in [1.82, 2.24) is 0 Å². The maximum atomic E-state index is 6.17. The van der Waals surface area contributed by atoms with Crippen LogP contribution in [0.4, 0.5) is 0 Å². The Hall–Kier alpha value is -0.123. The highest BCUT2D eigenvalue weighted by molar-refractivity contribution is 6.71. The first-order valence-corrected chi connectivity index (χ1v) is 8.96. The average molecular weight is 244 g/mol. The van der Waals surface area contributed by atoms with Gasteiger partial charge in [-0.2, -0.15) is 0 Å². The van der Waals surface area contributed by atoms with Gasteiger partial charge in [-0.05, 0) is 32.0 Å². The molecule has 0 aliphatic heterocycles. The summed E-state index contributed by atoms with van der Waals surface area (Å²) in [5, 5.41) is 0. The molecule has 0 rings (SSSR count). The molecule has 0 radical (unpaired) electrons. The molecule has 0 aromatic heterocycles. The molecule has 2 unspecified atom stereocenters. The van der Waals surface area contributed by atoms with Gasteiger partial charge in [-0.25, -0.2) is 0 Å². The first-order valence-electron chi connectivity index (χ1n) is 6.57. The van der Waals surface area contributed by atoms with Crippen LogP contribution in [0.25, 0.3) is 0 Å². The van der Waals surface area contributed by atoms with Crippen LogP contribution in [0.2, 0.25) is 6.55 Å². The van der Waals surface area contributed by atoms with Gasteiger partial charge in [0, 0.05) is 12.7 Å². The highest BCUT2D eigenvalue weighted by Gasteiger charge is 2.30. The van der Waals surface area contributed by atoms with Crippen LogP contribution in [0.15, 0.2) is 12.3 Å². The first-order chi connectivity index (χ1) is 7.61. The first kappa shape index (κ1) is 15.9. The van der Waals surface area contributed by atoms with Crippen LogP contribution in [-0.2, 0) is 8.85 Å². The van der Waals surface area contributed by atoms with Crippen LogP contribution >= 0.6 is 0 Å². The quantitative estimate of drug-likeness (QED) is 0.536. The van der Waals surface area contributed by atoms with Gasteiger partial charge in [0.2, 0.25) is 0 Å². The van der Waals surface area contributed by atoms with Crippen LogP contribution in [0.5, 0.6) is 0 Å². The summed E-state index contributed by atoms with van der Waals surface area (Å²) in [5.74, 6) is 0. The van der Waals surface area contributed by atoms with Gasteiger partial charge in [-0.3, -0.25) is 0 Å². The zero-order valence-electron chi connectivity index (χ0n) is 11.4. The lowest BCUT2D eigenvalue weighted by atomic mass is 10.1. The molecule has 3 heteroatoms. The smallest absolute Gasteiger partial charge is 0.361 e. The lowest BCUT2D eigenvalue weighted by Crippen LogP contribution is -2.40. The van der Waals surface area contributed by atoms with E-state index in [1.165, 1.54) is 19.3 Å². The summed E-state index contributed by atoms with van der Waals surface area (Å²) in [6.45, 7) is 13.1. The zero-order valence-corrected chi connectivity index (χ0v) is 12.4. The SMILES string of the molecule is C=C[Si](C)(OCC)OC(CCC)CCCC. The highest BCUT2D eigenvalue weighted by Crippen LogP contribution is 2.18. The fraction of sp³-hybridized carbons (Fsp3) is 0.846. The lowest BCUT2D eigenvalue weighted by Gasteiger charge is -2.29. The predicted octanol–water partition coefficient (Wildman–Crippen LogP) is 4.20. The molecular formula is C13H28O2Si. The van der Waals surface area contributed by atoms with Gasteiger partial charge in [0.15, 0.2) is 0 Å². The Balaban J connectivity index is 4.26. The van der Waals surface area contributed by atoms with E-state index in [4.69, 9.17) is 8.85 Å². The molecule has 2 atom stereocenters. The van der Waals surface area contributed by atoms with E-state index in [9.17, 15) is 0 Å². The maximum absolute atomic E-state index is 6.17. The number of rotatable bonds is 10. The van der Waals surface area contributed by atoms with Gasteiger partial charge in [-0.15, -0.1) is 6.58 Å². The van der Waals surface area contributed by atoms with Crippen LogP contribution in [0.1, 0.15) is 52.9 Å². The van der Waals surface area contributed by atoms with Gasteiger partial charge in [0.1, 0.15) is 0 Å². The fourth-order valence-electron chi connectivity index (χ4n) is 1.77. The second kappa shape index (κ2) is 8.96. The van der Waals surface area contributed by atoms with E-state index >= 15 is 0 Å². The molecule has 0 saturated heterocycles. The third-order valence-electron chi connectivity index (χ3n) is 2.69. The van der Waals surface area contributed by atoms with Gasteiger partial charge in [0.25, 0.3) is 0 Å². The minimum Gasteiger partial charge on any atom is -0.392 e. The normalized spacial score (nSPS) is 16.8. The largest absolute Gasteiger partial charge is 0.392 e. The van der Waals surface area contributed by atoms with Crippen molar-refractivity contribution in [2.75, 3.05) is 6.61 Å².